The molecule has 1 aromatic heterocycles. The van der Waals surface area contributed by atoms with Crippen molar-refractivity contribution in [3.8, 4) is 17.0 Å². The predicted octanol–water partition coefficient (Wildman–Crippen LogP) is 2.22. The predicted molar refractivity (Wildman–Crippen MR) is 93.2 cm³/mol. The second-order valence-electron chi connectivity index (χ2n) is 7.05. The van der Waals surface area contributed by atoms with Crippen LogP contribution in [0.4, 0.5) is 0 Å². The minimum absolute atomic E-state index is 0.0641. The van der Waals surface area contributed by atoms with Crippen LogP contribution in [-0.2, 0) is 0 Å². The average molecular weight is 341 g/mol. The largest absolute Gasteiger partial charge is 0.496 e. The van der Waals surface area contributed by atoms with Gasteiger partial charge in [-0.05, 0) is 49.3 Å². The third-order valence-electron chi connectivity index (χ3n) is 5.80. The van der Waals surface area contributed by atoms with Gasteiger partial charge in [-0.25, -0.2) is 0 Å². The van der Waals surface area contributed by atoms with Crippen LogP contribution in [-0.4, -0.2) is 41.0 Å². The Morgan fingerprint density at radius 1 is 1.36 bits per heavy atom. The van der Waals surface area contributed by atoms with Crippen LogP contribution in [0, 0.1) is 17.8 Å². The highest BCUT2D eigenvalue weighted by atomic mass is 16.5. The van der Waals surface area contributed by atoms with Crippen molar-refractivity contribution >= 4 is 5.91 Å². The second kappa shape index (κ2) is 6.52. The number of carbonyl (C=O) groups is 1. The van der Waals surface area contributed by atoms with Gasteiger partial charge in [0.2, 0.25) is 0 Å². The van der Waals surface area contributed by atoms with Gasteiger partial charge in [0.1, 0.15) is 11.4 Å². The van der Waals surface area contributed by atoms with Crippen LogP contribution in [0.3, 0.4) is 0 Å². The molecule has 6 nitrogen and oxygen atoms in total. The molecule has 2 saturated carbocycles. The first-order valence-electron chi connectivity index (χ1n) is 8.81. The lowest BCUT2D eigenvalue weighted by atomic mass is 9.85. The van der Waals surface area contributed by atoms with Crippen molar-refractivity contribution in [1.29, 1.82) is 0 Å². The molecule has 4 unspecified atom stereocenters. The zero-order valence-corrected chi connectivity index (χ0v) is 14.2. The monoisotopic (exact) mass is 341 g/mol. The number of amides is 1. The number of nitrogens with one attached hydrogen (secondary N) is 2. The number of aromatic amines is 1. The SMILES string of the molecule is COc1ccccc1-c1cc(C(=O)NC2C3CCC(C3)C2CO)[nH]n1. The summed E-state index contributed by atoms with van der Waals surface area (Å²) in [6.45, 7) is 0.140. The molecule has 2 aromatic rings. The molecule has 0 spiro atoms. The Hall–Kier alpha value is -2.34. The van der Waals surface area contributed by atoms with Gasteiger partial charge in [0.05, 0.1) is 12.8 Å². The Morgan fingerprint density at radius 3 is 2.96 bits per heavy atom. The molecule has 1 amide bonds. The van der Waals surface area contributed by atoms with Crippen LogP contribution in [0.1, 0.15) is 29.8 Å². The van der Waals surface area contributed by atoms with E-state index in [4.69, 9.17) is 4.74 Å². The molecule has 3 N–H and O–H groups in total. The molecule has 2 aliphatic rings. The standard InChI is InChI=1S/C19H23N3O3/c1-25-17-5-3-2-4-13(17)15-9-16(22-21-15)19(24)20-18-12-7-6-11(8-12)14(18)10-23/h2-5,9,11-12,14,18,23H,6-8,10H2,1H3,(H,20,24)(H,21,22). The van der Waals surface area contributed by atoms with E-state index < -0.39 is 0 Å². The Labute approximate surface area is 146 Å². The molecule has 4 atom stereocenters. The van der Waals surface area contributed by atoms with Gasteiger partial charge in [-0.3, -0.25) is 9.89 Å². The van der Waals surface area contributed by atoms with E-state index in [1.807, 2.05) is 24.3 Å². The number of rotatable bonds is 5. The Balaban J connectivity index is 1.51. The molecule has 6 heteroatoms. The molecule has 0 radical (unpaired) electrons. The van der Waals surface area contributed by atoms with Crippen LogP contribution in [0.2, 0.25) is 0 Å². The Morgan fingerprint density at radius 2 is 2.16 bits per heavy atom. The number of methoxy groups -OCH3 is 1. The third kappa shape index (κ3) is 2.80. The number of aliphatic hydroxyl groups is 1. The maximum absolute atomic E-state index is 12.6. The van der Waals surface area contributed by atoms with E-state index >= 15 is 0 Å². The Kier molecular flexibility index (Phi) is 4.21. The zero-order chi connectivity index (χ0) is 17.4. The lowest BCUT2D eigenvalue weighted by Gasteiger charge is -2.30. The number of hydrogen-bond acceptors (Lipinski definition) is 4. The van der Waals surface area contributed by atoms with Gasteiger partial charge >= 0.3 is 0 Å². The first kappa shape index (κ1) is 16.1. The lowest BCUT2D eigenvalue weighted by molar-refractivity contribution is 0.0856. The number of carbonyl (C=O) groups excluding carboxylic acids is 1. The van der Waals surface area contributed by atoms with Gasteiger partial charge in [-0.2, -0.15) is 5.10 Å². The summed E-state index contributed by atoms with van der Waals surface area (Å²) in [5.74, 6) is 1.77. The van der Waals surface area contributed by atoms with Crippen molar-refractivity contribution in [2.75, 3.05) is 13.7 Å². The van der Waals surface area contributed by atoms with E-state index in [1.54, 1.807) is 13.2 Å². The van der Waals surface area contributed by atoms with Crippen molar-refractivity contribution in [1.82, 2.24) is 15.5 Å². The van der Waals surface area contributed by atoms with E-state index in [0.717, 1.165) is 24.2 Å². The average Bonchev–Trinajstić information content (AvgIpc) is 3.37. The number of aromatic nitrogens is 2. The number of ether oxygens (including phenoxy) is 1. The number of aliphatic hydroxyl groups excluding tert-OH is 1. The van der Waals surface area contributed by atoms with Crippen LogP contribution in [0.15, 0.2) is 30.3 Å². The van der Waals surface area contributed by atoms with Crippen molar-refractivity contribution in [3.05, 3.63) is 36.0 Å². The quantitative estimate of drug-likeness (QED) is 0.778. The van der Waals surface area contributed by atoms with E-state index in [-0.39, 0.29) is 24.5 Å². The van der Waals surface area contributed by atoms with E-state index in [9.17, 15) is 9.90 Å². The van der Waals surface area contributed by atoms with Gasteiger partial charge in [-0.15, -0.1) is 0 Å². The molecule has 2 fully saturated rings. The molecule has 132 valence electrons. The summed E-state index contributed by atoms with van der Waals surface area (Å²) in [6.07, 6.45) is 3.43. The van der Waals surface area contributed by atoms with Crippen LogP contribution in [0.5, 0.6) is 5.75 Å². The molecule has 1 heterocycles. The van der Waals surface area contributed by atoms with Crippen LogP contribution < -0.4 is 10.1 Å². The normalized spacial score (nSPS) is 27.4. The third-order valence-corrected chi connectivity index (χ3v) is 5.80. The lowest BCUT2D eigenvalue weighted by Crippen LogP contribution is -2.45. The van der Waals surface area contributed by atoms with Crippen LogP contribution in [0.25, 0.3) is 11.3 Å². The highest BCUT2D eigenvalue weighted by Crippen LogP contribution is 2.48. The summed E-state index contributed by atoms with van der Waals surface area (Å²) >= 11 is 0. The van der Waals surface area contributed by atoms with Gasteiger partial charge in [0.15, 0.2) is 0 Å². The topological polar surface area (TPSA) is 87.2 Å². The fourth-order valence-electron chi connectivity index (χ4n) is 4.56. The maximum atomic E-state index is 12.6. The molecule has 1 aromatic carbocycles. The van der Waals surface area contributed by atoms with E-state index in [0.29, 0.717) is 23.2 Å². The first-order valence-corrected chi connectivity index (χ1v) is 8.81. The summed E-state index contributed by atoms with van der Waals surface area (Å²) < 4.78 is 5.36. The van der Waals surface area contributed by atoms with E-state index in [2.05, 4.69) is 15.5 Å². The van der Waals surface area contributed by atoms with Crippen molar-refractivity contribution in [2.45, 2.75) is 25.3 Å². The van der Waals surface area contributed by atoms with Crippen molar-refractivity contribution in [2.24, 2.45) is 17.8 Å². The summed E-state index contributed by atoms with van der Waals surface area (Å²) in [5.41, 5.74) is 1.95. The van der Waals surface area contributed by atoms with Gasteiger partial charge < -0.3 is 15.2 Å². The maximum Gasteiger partial charge on any atom is 0.269 e. The molecular weight excluding hydrogens is 318 g/mol. The minimum Gasteiger partial charge on any atom is -0.496 e. The highest BCUT2D eigenvalue weighted by molar-refractivity contribution is 5.93. The summed E-state index contributed by atoms with van der Waals surface area (Å²) in [7, 11) is 1.61. The van der Waals surface area contributed by atoms with Gasteiger partial charge in [0, 0.05) is 24.1 Å². The number of para-hydroxylation sites is 1. The minimum atomic E-state index is -0.162. The van der Waals surface area contributed by atoms with Gasteiger partial charge in [-0.1, -0.05) is 12.1 Å². The van der Waals surface area contributed by atoms with Crippen molar-refractivity contribution in [3.63, 3.8) is 0 Å². The van der Waals surface area contributed by atoms with Crippen molar-refractivity contribution < 1.29 is 14.6 Å². The highest BCUT2D eigenvalue weighted by Gasteiger charge is 2.47. The second-order valence-corrected chi connectivity index (χ2v) is 7.05. The number of fused-ring (bicyclic) bond motifs is 2. The Bertz CT molecular complexity index is 773. The molecule has 2 aliphatic carbocycles. The number of nitrogens with zero attached hydrogens (tertiary/aromatic N) is 1. The number of hydrogen-bond donors (Lipinski definition) is 3. The fraction of sp³-hybridized carbons (Fsp3) is 0.474. The van der Waals surface area contributed by atoms with E-state index in [1.165, 1.54) is 6.42 Å². The molecule has 2 bridgehead atoms. The smallest absolute Gasteiger partial charge is 0.269 e. The summed E-state index contributed by atoms with van der Waals surface area (Å²) in [4.78, 5) is 12.6. The van der Waals surface area contributed by atoms with Crippen LogP contribution >= 0.6 is 0 Å². The number of H-pyrrole nitrogens is 1. The molecular formula is C19H23N3O3. The first-order chi connectivity index (χ1) is 12.2. The molecule has 0 aliphatic heterocycles. The fourth-order valence-corrected chi connectivity index (χ4v) is 4.56. The summed E-state index contributed by atoms with van der Waals surface area (Å²) in [5, 5.41) is 19.9. The molecule has 0 saturated heterocycles. The molecule has 25 heavy (non-hydrogen) atoms. The number of benzene rings is 1. The molecule has 4 rings (SSSR count). The summed E-state index contributed by atoms with van der Waals surface area (Å²) in [6, 6.07) is 9.39. The van der Waals surface area contributed by atoms with Gasteiger partial charge in [0.25, 0.3) is 5.91 Å². The zero-order valence-electron chi connectivity index (χ0n) is 14.2.